The molecule has 1 aliphatic heterocycles. The highest BCUT2D eigenvalue weighted by Crippen LogP contribution is 2.23. The van der Waals surface area contributed by atoms with Crippen LogP contribution in [0.3, 0.4) is 0 Å². The van der Waals surface area contributed by atoms with Gasteiger partial charge in [0.2, 0.25) is 5.91 Å². The number of amides is 2. The highest BCUT2D eigenvalue weighted by molar-refractivity contribution is 5.96. The van der Waals surface area contributed by atoms with Crippen LogP contribution in [0.5, 0.6) is 0 Å². The van der Waals surface area contributed by atoms with E-state index in [9.17, 15) is 9.59 Å². The Balaban J connectivity index is 1.86. The van der Waals surface area contributed by atoms with Gasteiger partial charge in [0.25, 0.3) is 5.91 Å². The number of anilines is 1. The molecule has 1 fully saturated rings. The number of carbonyl (C=O) groups is 2. The van der Waals surface area contributed by atoms with Gasteiger partial charge < -0.3 is 16.0 Å². The Morgan fingerprint density at radius 2 is 1.96 bits per heavy atom. The molecule has 2 atom stereocenters. The second-order valence-corrected chi connectivity index (χ2v) is 8.10. The topological polar surface area (TPSA) is 70.2 Å². The van der Waals surface area contributed by atoms with E-state index >= 15 is 0 Å². The minimum atomic E-state index is -0.228. The number of nitrogens with one attached hydrogen (secondary N) is 3. The van der Waals surface area contributed by atoms with Crippen LogP contribution in [-0.4, -0.2) is 30.4 Å². The summed E-state index contributed by atoms with van der Waals surface area (Å²) in [6.07, 6.45) is 3.77. The lowest BCUT2D eigenvalue weighted by Gasteiger charge is -2.28. The predicted octanol–water partition coefficient (Wildman–Crippen LogP) is 3.57. The van der Waals surface area contributed by atoms with Crippen molar-refractivity contribution in [1.29, 1.82) is 0 Å². The Morgan fingerprint density at radius 1 is 1.27 bits per heavy atom. The van der Waals surface area contributed by atoms with E-state index in [1.54, 1.807) is 24.3 Å². The molecule has 5 nitrogen and oxygen atoms in total. The summed E-state index contributed by atoms with van der Waals surface area (Å²) in [7, 11) is 0. The summed E-state index contributed by atoms with van der Waals surface area (Å²) < 4.78 is 0. The molecule has 0 aromatic heterocycles. The maximum absolute atomic E-state index is 12.3. The molecule has 144 valence electrons. The van der Waals surface area contributed by atoms with Crippen LogP contribution in [0.1, 0.15) is 63.7 Å². The van der Waals surface area contributed by atoms with Gasteiger partial charge in [-0.2, -0.15) is 0 Å². The molecule has 0 radical (unpaired) electrons. The van der Waals surface area contributed by atoms with Crippen LogP contribution in [0.2, 0.25) is 0 Å². The van der Waals surface area contributed by atoms with Gasteiger partial charge in [-0.15, -0.1) is 0 Å². The Bertz CT molecular complexity index is 604. The van der Waals surface area contributed by atoms with Crippen molar-refractivity contribution < 1.29 is 9.59 Å². The van der Waals surface area contributed by atoms with Crippen LogP contribution in [-0.2, 0) is 4.79 Å². The summed E-state index contributed by atoms with van der Waals surface area (Å²) in [6.45, 7) is 10.3. The fraction of sp³-hybridized carbons (Fsp3) is 0.619. The standard InChI is InChI=1S/C21H33N3O2/c1-5-21(3,4)24-20(26)16-8-10-18(11-9-16)23-19(25)13-15(2)17-7-6-12-22-14-17/h8-11,15,17,22H,5-7,12-14H2,1-4H3,(H,23,25)(H,24,26). The van der Waals surface area contributed by atoms with E-state index < -0.39 is 0 Å². The maximum atomic E-state index is 12.3. The van der Waals surface area contributed by atoms with Crippen molar-refractivity contribution in [3.8, 4) is 0 Å². The molecule has 0 bridgehead atoms. The van der Waals surface area contributed by atoms with Crippen LogP contribution >= 0.6 is 0 Å². The van der Waals surface area contributed by atoms with Crippen LogP contribution in [0.25, 0.3) is 0 Å². The van der Waals surface area contributed by atoms with E-state index in [0.29, 0.717) is 23.8 Å². The first-order chi connectivity index (χ1) is 12.3. The summed E-state index contributed by atoms with van der Waals surface area (Å²) in [5.41, 5.74) is 1.11. The second-order valence-electron chi connectivity index (χ2n) is 8.10. The molecule has 1 aromatic rings. The third kappa shape index (κ3) is 6.13. The van der Waals surface area contributed by atoms with E-state index in [1.165, 1.54) is 12.8 Å². The lowest BCUT2D eigenvalue weighted by molar-refractivity contribution is -0.117. The normalized spacial score (nSPS) is 18.8. The minimum absolute atomic E-state index is 0.0346. The van der Waals surface area contributed by atoms with Crippen molar-refractivity contribution >= 4 is 17.5 Å². The number of rotatable bonds is 7. The summed E-state index contributed by atoms with van der Waals surface area (Å²) in [4.78, 5) is 24.6. The first-order valence-electron chi connectivity index (χ1n) is 9.74. The zero-order valence-electron chi connectivity index (χ0n) is 16.5. The van der Waals surface area contributed by atoms with Gasteiger partial charge in [0.1, 0.15) is 0 Å². The van der Waals surface area contributed by atoms with Gasteiger partial charge in [-0.05, 0) is 82.3 Å². The average Bonchev–Trinajstić information content (AvgIpc) is 2.62. The summed E-state index contributed by atoms with van der Waals surface area (Å²) >= 11 is 0. The van der Waals surface area contributed by atoms with Crippen LogP contribution in [0, 0.1) is 11.8 Å². The molecule has 1 aromatic carbocycles. The molecule has 2 unspecified atom stereocenters. The monoisotopic (exact) mass is 359 g/mol. The van der Waals surface area contributed by atoms with E-state index in [2.05, 4.69) is 22.9 Å². The summed E-state index contributed by atoms with van der Waals surface area (Å²) in [5, 5.41) is 9.37. The molecular weight excluding hydrogens is 326 g/mol. The van der Waals surface area contributed by atoms with Gasteiger partial charge in [0, 0.05) is 23.2 Å². The number of piperidine rings is 1. The van der Waals surface area contributed by atoms with Crippen LogP contribution < -0.4 is 16.0 Å². The van der Waals surface area contributed by atoms with Crippen molar-refractivity contribution in [2.24, 2.45) is 11.8 Å². The van der Waals surface area contributed by atoms with Crippen molar-refractivity contribution in [3.63, 3.8) is 0 Å². The lowest BCUT2D eigenvalue weighted by atomic mass is 9.85. The quantitative estimate of drug-likeness (QED) is 0.697. The van der Waals surface area contributed by atoms with Gasteiger partial charge >= 0.3 is 0 Å². The largest absolute Gasteiger partial charge is 0.347 e. The Hall–Kier alpha value is -1.88. The Labute approximate surface area is 157 Å². The number of hydrogen-bond donors (Lipinski definition) is 3. The van der Waals surface area contributed by atoms with Crippen molar-refractivity contribution in [1.82, 2.24) is 10.6 Å². The van der Waals surface area contributed by atoms with E-state index in [1.807, 2.05) is 20.8 Å². The minimum Gasteiger partial charge on any atom is -0.347 e. The zero-order chi connectivity index (χ0) is 19.2. The molecule has 5 heteroatoms. The van der Waals surface area contributed by atoms with Crippen molar-refractivity contribution in [2.45, 2.75) is 58.9 Å². The van der Waals surface area contributed by atoms with Gasteiger partial charge in [-0.1, -0.05) is 13.8 Å². The molecule has 1 aliphatic rings. The van der Waals surface area contributed by atoms with E-state index in [4.69, 9.17) is 0 Å². The van der Waals surface area contributed by atoms with Gasteiger partial charge in [-0.25, -0.2) is 0 Å². The lowest BCUT2D eigenvalue weighted by Crippen LogP contribution is -2.42. The van der Waals surface area contributed by atoms with Crippen molar-refractivity contribution in [3.05, 3.63) is 29.8 Å². The molecule has 0 saturated carbocycles. The number of hydrogen-bond acceptors (Lipinski definition) is 3. The Kier molecular flexibility index (Phi) is 7.21. The summed E-state index contributed by atoms with van der Waals surface area (Å²) in [6, 6.07) is 7.09. The SMILES string of the molecule is CCC(C)(C)NC(=O)c1ccc(NC(=O)CC(C)C2CCCNC2)cc1. The van der Waals surface area contributed by atoms with Gasteiger partial charge in [-0.3, -0.25) is 9.59 Å². The fourth-order valence-electron chi connectivity index (χ4n) is 3.21. The first kappa shape index (κ1) is 20.4. The molecule has 0 spiro atoms. The van der Waals surface area contributed by atoms with Gasteiger partial charge in [0.05, 0.1) is 0 Å². The average molecular weight is 360 g/mol. The highest BCUT2D eigenvalue weighted by Gasteiger charge is 2.22. The maximum Gasteiger partial charge on any atom is 0.251 e. The third-order valence-electron chi connectivity index (χ3n) is 5.41. The van der Waals surface area contributed by atoms with Crippen LogP contribution in [0.4, 0.5) is 5.69 Å². The molecule has 26 heavy (non-hydrogen) atoms. The smallest absolute Gasteiger partial charge is 0.251 e. The zero-order valence-corrected chi connectivity index (χ0v) is 16.5. The molecule has 1 heterocycles. The highest BCUT2D eigenvalue weighted by atomic mass is 16.2. The molecule has 1 saturated heterocycles. The molecule has 0 aliphatic carbocycles. The molecular formula is C21H33N3O2. The summed E-state index contributed by atoms with van der Waals surface area (Å²) in [5.74, 6) is 0.882. The van der Waals surface area contributed by atoms with E-state index in [0.717, 1.165) is 25.2 Å². The van der Waals surface area contributed by atoms with Crippen molar-refractivity contribution in [2.75, 3.05) is 18.4 Å². The molecule has 3 N–H and O–H groups in total. The fourth-order valence-corrected chi connectivity index (χ4v) is 3.21. The second kappa shape index (κ2) is 9.17. The molecule has 2 amide bonds. The third-order valence-corrected chi connectivity index (χ3v) is 5.41. The predicted molar refractivity (Wildman–Crippen MR) is 106 cm³/mol. The van der Waals surface area contributed by atoms with Crippen LogP contribution in [0.15, 0.2) is 24.3 Å². The van der Waals surface area contributed by atoms with Gasteiger partial charge in [0.15, 0.2) is 0 Å². The van der Waals surface area contributed by atoms with E-state index in [-0.39, 0.29) is 17.4 Å². The number of carbonyl (C=O) groups excluding carboxylic acids is 2. The number of benzene rings is 1. The first-order valence-corrected chi connectivity index (χ1v) is 9.74. The molecule has 2 rings (SSSR count). The Morgan fingerprint density at radius 3 is 2.54 bits per heavy atom.